The van der Waals surface area contributed by atoms with Crippen LogP contribution in [0.4, 0.5) is 5.69 Å². The molecule has 2 aliphatic heterocycles. The van der Waals surface area contributed by atoms with Crippen LogP contribution in [-0.4, -0.2) is 75.1 Å². The topological polar surface area (TPSA) is 38.8 Å². The zero-order valence-electron chi connectivity index (χ0n) is 17.2. The Hall–Kier alpha value is -0.720. The molecule has 2 saturated heterocycles. The molecule has 0 radical (unpaired) electrons. The zero-order chi connectivity index (χ0) is 18.0. The van der Waals surface area contributed by atoms with Crippen molar-refractivity contribution in [2.24, 2.45) is 11.3 Å². The average Bonchev–Trinajstić information content (AvgIpc) is 3.39. The Morgan fingerprint density at radius 1 is 1.07 bits per heavy atom. The van der Waals surface area contributed by atoms with Gasteiger partial charge in [-0.2, -0.15) is 0 Å². The van der Waals surface area contributed by atoms with Crippen molar-refractivity contribution in [3.63, 3.8) is 0 Å². The van der Waals surface area contributed by atoms with Crippen LogP contribution < -0.4 is 10.2 Å². The number of halogens is 3. The quantitative estimate of drug-likeness (QED) is 0.726. The van der Waals surface area contributed by atoms with Crippen molar-refractivity contribution < 1.29 is 4.79 Å². The number of benzene rings is 1. The molecule has 1 aliphatic carbocycles. The van der Waals surface area contributed by atoms with E-state index in [0.717, 1.165) is 58.8 Å². The Morgan fingerprint density at radius 2 is 1.69 bits per heavy atom. The van der Waals surface area contributed by atoms with Gasteiger partial charge in [0.1, 0.15) is 0 Å². The van der Waals surface area contributed by atoms with Gasteiger partial charge in [-0.3, -0.25) is 9.69 Å². The molecule has 1 amide bonds. The van der Waals surface area contributed by atoms with Crippen LogP contribution in [0.25, 0.3) is 0 Å². The molecule has 29 heavy (non-hydrogen) atoms. The van der Waals surface area contributed by atoms with Crippen LogP contribution in [0.2, 0.25) is 0 Å². The number of carbonyl (C=O) groups is 1. The van der Waals surface area contributed by atoms with Crippen molar-refractivity contribution >= 4 is 48.8 Å². The number of piperidine rings is 1. The molecule has 1 spiro atoms. The van der Waals surface area contributed by atoms with E-state index in [0.29, 0.717) is 17.2 Å². The molecule has 0 bridgehead atoms. The van der Waals surface area contributed by atoms with Crippen molar-refractivity contribution in [2.75, 3.05) is 64.3 Å². The van der Waals surface area contributed by atoms with E-state index in [1.807, 2.05) is 11.9 Å². The van der Waals surface area contributed by atoms with Crippen LogP contribution in [0.3, 0.4) is 0 Å². The van der Waals surface area contributed by atoms with Crippen molar-refractivity contribution in [1.82, 2.24) is 15.1 Å². The Labute approximate surface area is 193 Å². The number of carbonyl (C=O) groups excluding carboxylic acids is 1. The summed E-state index contributed by atoms with van der Waals surface area (Å²) in [5.41, 5.74) is 1.67. The molecule has 3 fully saturated rings. The molecule has 2 heterocycles. The third-order valence-electron chi connectivity index (χ3n) is 6.71. The van der Waals surface area contributed by atoms with E-state index in [9.17, 15) is 4.79 Å². The average molecular weight is 466 g/mol. The second-order valence-electron chi connectivity index (χ2n) is 8.29. The van der Waals surface area contributed by atoms with Crippen LogP contribution in [0, 0.1) is 11.3 Å². The maximum Gasteiger partial charge on any atom is 0.226 e. The summed E-state index contributed by atoms with van der Waals surface area (Å²) in [7, 11) is 2.00. The van der Waals surface area contributed by atoms with E-state index in [-0.39, 0.29) is 37.2 Å². The summed E-state index contributed by atoms with van der Waals surface area (Å²) in [5.74, 6) is 0.680. The van der Waals surface area contributed by atoms with Crippen molar-refractivity contribution in [3.8, 4) is 0 Å². The highest BCUT2D eigenvalue weighted by Crippen LogP contribution is 2.59. The molecule has 166 valence electrons. The first-order valence-electron chi connectivity index (χ1n) is 10.2. The summed E-state index contributed by atoms with van der Waals surface area (Å²) in [6.07, 6.45) is 3.48. The minimum absolute atomic E-state index is 0. The summed E-state index contributed by atoms with van der Waals surface area (Å²) in [6, 6.07) is 10.7. The first-order chi connectivity index (χ1) is 12.7. The van der Waals surface area contributed by atoms with Gasteiger partial charge >= 0.3 is 0 Å². The van der Waals surface area contributed by atoms with E-state index in [1.54, 1.807) is 0 Å². The van der Waals surface area contributed by atoms with Crippen molar-refractivity contribution in [3.05, 3.63) is 30.3 Å². The summed E-state index contributed by atoms with van der Waals surface area (Å²) in [6.45, 7) is 8.31. The van der Waals surface area contributed by atoms with Gasteiger partial charge in [-0.05, 0) is 49.9 Å². The molecule has 8 heteroatoms. The third-order valence-corrected chi connectivity index (χ3v) is 6.71. The summed E-state index contributed by atoms with van der Waals surface area (Å²) < 4.78 is 0. The van der Waals surface area contributed by atoms with Gasteiger partial charge in [-0.25, -0.2) is 0 Å². The Morgan fingerprint density at radius 3 is 2.31 bits per heavy atom. The molecule has 1 saturated carbocycles. The number of piperazine rings is 1. The van der Waals surface area contributed by atoms with E-state index in [1.165, 1.54) is 18.5 Å². The minimum Gasteiger partial charge on any atom is -0.369 e. The third kappa shape index (κ3) is 6.14. The minimum atomic E-state index is 0. The number of anilines is 1. The molecule has 4 rings (SSSR count). The van der Waals surface area contributed by atoms with Gasteiger partial charge in [0.15, 0.2) is 0 Å². The molecule has 1 unspecified atom stereocenters. The number of likely N-dealkylation sites (N-methyl/N-ethyl adjacent to an activating group) is 1. The van der Waals surface area contributed by atoms with E-state index < -0.39 is 0 Å². The Bertz CT molecular complexity index is 620. The van der Waals surface area contributed by atoms with E-state index in [2.05, 4.69) is 45.4 Å². The van der Waals surface area contributed by atoms with E-state index in [4.69, 9.17) is 0 Å². The SMILES string of the molecule is CN(CCN1CCN(c2ccccc2)CC1)C(=O)C1CC12CCNCC2.Cl.Cl.Cl. The molecular weight excluding hydrogens is 431 g/mol. The maximum absolute atomic E-state index is 12.8. The number of hydrogen-bond donors (Lipinski definition) is 1. The molecule has 1 aromatic rings. The maximum atomic E-state index is 12.8. The van der Waals surface area contributed by atoms with Crippen LogP contribution in [-0.2, 0) is 4.79 Å². The lowest BCUT2D eigenvalue weighted by molar-refractivity contribution is -0.132. The number of para-hydroxylation sites is 1. The van der Waals surface area contributed by atoms with E-state index >= 15 is 0 Å². The molecule has 3 aliphatic rings. The normalized spacial score (nSPS) is 22.7. The van der Waals surface area contributed by atoms with Crippen molar-refractivity contribution in [2.45, 2.75) is 19.3 Å². The largest absolute Gasteiger partial charge is 0.369 e. The van der Waals surface area contributed by atoms with Crippen LogP contribution in [0.1, 0.15) is 19.3 Å². The lowest BCUT2D eigenvalue weighted by Gasteiger charge is -2.36. The fourth-order valence-electron chi connectivity index (χ4n) is 4.71. The standard InChI is InChI=1S/C21H32N4O.3ClH/c1-23(20(26)19-17-21(19)7-9-22-10-8-21)11-12-24-13-15-25(16-14-24)18-5-3-2-4-6-18;;;/h2-6,19,22H,7-17H2,1H3;3*1H. The summed E-state index contributed by atoms with van der Waals surface area (Å²) in [5, 5.41) is 3.42. The Kier molecular flexibility index (Phi) is 10.5. The number of nitrogens with one attached hydrogen (secondary N) is 1. The van der Waals surface area contributed by atoms with Gasteiger partial charge in [0.2, 0.25) is 5.91 Å². The van der Waals surface area contributed by atoms with Crippen LogP contribution in [0.15, 0.2) is 30.3 Å². The van der Waals surface area contributed by atoms with Crippen LogP contribution >= 0.6 is 37.2 Å². The summed E-state index contributed by atoms with van der Waals surface area (Å²) in [4.78, 5) is 19.7. The number of amides is 1. The first kappa shape index (κ1) is 26.3. The summed E-state index contributed by atoms with van der Waals surface area (Å²) >= 11 is 0. The number of hydrogen-bond acceptors (Lipinski definition) is 4. The Balaban J connectivity index is 0.00000140. The van der Waals surface area contributed by atoms with Gasteiger partial charge in [0, 0.05) is 57.9 Å². The highest BCUT2D eigenvalue weighted by molar-refractivity contribution is 5.86. The predicted octanol–water partition coefficient (Wildman–Crippen LogP) is 2.92. The highest BCUT2D eigenvalue weighted by atomic mass is 35.5. The monoisotopic (exact) mass is 464 g/mol. The second kappa shape index (κ2) is 11.6. The van der Waals surface area contributed by atoms with Crippen LogP contribution in [0.5, 0.6) is 0 Å². The van der Waals surface area contributed by atoms with Crippen molar-refractivity contribution in [1.29, 1.82) is 0 Å². The lowest BCUT2D eigenvalue weighted by atomic mass is 9.91. The smallest absolute Gasteiger partial charge is 0.226 e. The first-order valence-corrected chi connectivity index (χ1v) is 10.2. The van der Waals surface area contributed by atoms with Gasteiger partial charge in [0.25, 0.3) is 0 Å². The molecule has 0 aromatic heterocycles. The number of nitrogens with zero attached hydrogens (tertiary/aromatic N) is 3. The van der Waals surface area contributed by atoms with Gasteiger partial charge in [0.05, 0.1) is 0 Å². The van der Waals surface area contributed by atoms with Gasteiger partial charge in [-0.15, -0.1) is 37.2 Å². The molecule has 1 aromatic carbocycles. The molecule has 1 atom stereocenters. The zero-order valence-corrected chi connectivity index (χ0v) is 19.7. The number of rotatable bonds is 5. The fourth-order valence-corrected chi connectivity index (χ4v) is 4.71. The molecular formula is C21H35Cl3N4O. The molecule has 5 nitrogen and oxygen atoms in total. The molecule has 1 N–H and O–H groups in total. The second-order valence-corrected chi connectivity index (χ2v) is 8.29. The fraction of sp³-hybridized carbons (Fsp3) is 0.667. The van der Waals surface area contributed by atoms with Gasteiger partial charge in [-0.1, -0.05) is 18.2 Å². The van der Waals surface area contributed by atoms with Gasteiger partial charge < -0.3 is 15.1 Å². The lowest BCUT2D eigenvalue weighted by Crippen LogP contribution is -2.48. The predicted molar refractivity (Wildman–Crippen MR) is 127 cm³/mol. The highest BCUT2D eigenvalue weighted by Gasteiger charge is 2.58.